The second kappa shape index (κ2) is 13.3. The second-order valence-corrected chi connectivity index (χ2v) is 12.4. The summed E-state index contributed by atoms with van der Waals surface area (Å²) in [5.41, 5.74) is 16.9. The first-order chi connectivity index (χ1) is 22.2. The van der Waals surface area contributed by atoms with Gasteiger partial charge in [-0.2, -0.15) is 0 Å². The molecule has 46 heavy (non-hydrogen) atoms. The molecule has 6 aromatic rings. The van der Waals surface area contributed by atoms with Gasteiger partial charge >= 0.3 is 0 Å². The van der Waals surface area contributed by atoms with Crippen molar-refractivity contribution < 1.29 is 0 Å². The average molecular weight is 599 g/mol. The predicted octanol–water partition coefficient (Wildman–Crippen LogP) is 12.6. The monoisotopic (exact) mass is 598 g/mol. The maximum Gasteiger partial charge on any atom is 0.0464 e. The van der Waals surface area contributed by atoms with Crippen molar-refractivity contribution in [3.63, 3.8) is 0 Å². The van der Waals surface area contributed by atoms with Crippen LogP contribution >= 0.6 is 0 Å². The van der Waals surface area contributed by atoms with Crippen LogP contribution in [0.25, 0.3) is 12.2 Å². The highest BCUT2D eigenvalue weighted by atomic mass is 15.1. The van der Waals surface area contributed by atoms with E-state index in [1.807, 2.05) is 0 Å². The Morgan fingerprint density at radius 1 is 0.304 bits per heavy atom. The minimum absolute atomic E-state index is 1.14. The van der Waals surface area contributed by atoms with E-state index in [1.165, 1.54) is 33.4 Å². The number of aryl methyl sites for hydroxylation is 6. The quantitative estimate of drug-likeness (QED) is 0.161. The van der Waals surface area contributed by atoms with Crippen molar-refractivity contribution >= 4 is 46.3 Å². The van der Waals surface area contributed by atoms with Gasteiger partial charge in [0.25, 0.3) is 0 Å². The van der Waals surface area contributed by atoms with Crippen molar-refractivity contribution in [2.24, 2.45) is 0 Å². The number of nitrogens with zero attached hydrogens (tertiary/aromatic N) is 2. The number of hydrogen-bond acceptors (Lipinski definition) is 2. The van der Waals surface area contributed by atoms with Gasteiger partial charge in [-0.15, -0.1) is 0 Å². The topological polar surface area (TPSA) is 6.48 Å². The molecule has 2 nitrogen and oxygen atoms in total. The van der Waals surface area contributed by atoms with Gasteiger partial charge in [-0.1, -0.05) is 83.9 Å². The van der Waals surface area contributed by atoms with Gasteiger partial charge < -0.3 is 9.80 Å². The van der Waals surface area contributed by atoms with Gasteiger partial charge in [0.2, 0.25) is 0 Å². The van der Waals surface area contributed by atoms with E-state index in [4.69, 9.17) is 0 Å². The molecule has 0 bridgehead atoms. The molecule has 0 fully saturated rings. The standard InChI is InChI=1S/C44H42N2/c1-31-7-19-39(20-8-31)45(43-23-11-33(3)35(5)29-43)41-25-15-37(16-26-41)13-14-38-17-27-42(28-18-38)46(40-21-9-32(2)10-22-40)44-24-12-34(4)36(6)30-44/h7-30H,1-6H3/b14-13+. The number of anilines is 6. The van der Waals surface area contributed by atoms with E-state index in [0.717, 1.165) is 45.3 Å². The molecule has 0 spiro atoms. The smallest absolute Gasteiger partial charge is 0.0464 e. The Labute approximate surface area is 274 Å². The highest BCUT2D eigenvalue weighted by Gasteiger charge is 2.14. The zero-order valence-electron chi connectivity index (χ0n) is 27.8. The minimum atomic E-state index is 1.14. The van der Waals surface area contributed by atoms with Crippen LogP contribution in [-0.2, 0) is 0 Å². The summed E-state index contributed by atoms with van der Waals surface area (Å²) >= 11 is 0. The number of benzene rings is 6. The van der Waals surface area contributed by atoms with Gasteiger partial charge in [0.15, 0.2) is 0 Å². The first-order valence-electron chi connectivity index (χ1n) is 16.0. The van der Waals surface area contributed by atoms with Gasteiger partial charge in [0, 0.05) is 34.1 Å². The van der Waals surface area contributed by atoms with Gasteiger partial charge in [0.1, 0.15) is 0 Å². The Morgan fingerprint density at radius 2 is 0.587 bits per heavy atom. The third-order valence-electron chi connectivity index (χ3n) is 8.85. The molecule has 0 amide bonds. The molecule has 0 radical (unpaired) electrons. The van der Waals surface area contributed by atoms with Crippen molar-refractivity contribution in [1.82, 2.24) is 0 Å². The molecule has 0 unspecified atom stereocenters. The Hall–Kier alpha value is -5.34. The van der Waals surface area contributed by atoms with Crippen LogP contribution in [0.3, 0.4) is 0 Å². The fourth-order valence-electron chi connectivity index (χ4n) is 5.67. The normalized spacial score (nSPS) is 11.2. The zero-order valence-corrected chi connectivity index (χ0v) is 27.8. The van der Waals surface area contributed by atoms with Crippen LogP contribution in [0.2, 0.25) is 0 Å². The fraction of sp³-hybridized carbons (Fsp3) is 0.136. The summed E-state index contributed by atoms with van der Waals surface area (Å²) in [6.07, 6.45) is 4.37. The van der Waals surface area contributed by atoms with E-state index in [0.29, 0.717) is 0 Å². The second-order valence-electron chi connectivity index (χ2n) is 12.4. The Bertz CT molecular complexity index is 1820. The van der Waals surface area contributed by atoms with Crippen LogP contribution < -0.4 is 9.80 Å². The Morgan fingerprint density at radius 3 is 0.891 bits per heavy atom. The molecule has 0 saturated heterocycles. The SMILES string of the molecule is Cc1ccc(N(c2ccc(/C=C/c3ccc(N(c4ccc(C)cc4)c4ccc(C)c(C)c4)cc3)cc2)c2ccc(C)c(C)c2)cc1. The van der Waals surface area contributed by atoms with Crippen molar-refractivity contribution in [3.8, 4) is 0 Å². The predicted molar refractivity (Wildman–Crippen MR) is 200 cm³/mol. The van der Waals surface area contributed by atoms with Gasteiger partial charge in [0.05, 0.1) is 0 Å². The lowest BCUT2D eigenvalue weighted by molar-refractivity contribution is 1.24. The van der Waals surface area contributed by atoms with Gasteiger partial charge in [-0.05, 0) is 148 Å². The third kappa shape index (κ3) is 6.82. The van der Waals surface area contributed by atoms with Crippen molar-refractivity contribution in [3.05, 3.63) is 178 Å². The summed E-state index contributed by atoms with van der Waals surface area (Å²) in [7, 11) is 0. The Kier molecular flexibility index (Phi) is 8.90. The van der Waals surface area contributed by atoms with E-state index in [9.17, 15) is 0 Å². The highest BCUT2D eigenvalue weighted by molar-refractivity contribution is 5.80. The maximum absolute atomic E-state index is 2.33. The largest absolute Gasteiger partial charge is 0.310 e. The summed E-state index contributed by atoms with van der Waals surface area (Å²) < 4.78 is 0. The van der Waals surface area contributed by atoms with Gasteiger partial charge in [-0.3, -0.25) is 0 Å². The van der Waals surface area contributed by atoms with Crippen molar-refractivity contribution in [2.75, 3.05) is 9.80 Å². The summed E-state index contributed by atoms with van der Waals surface area (Å²) in [6, 6.07) is 48.5. The lowest BCUT2D eigenvalue weighted by Crippen LogP contribution is -2.10. The first-order valence-corrected chi connectivity index (χ1v) is 16.0. The molecule has 0 aromatic heterocycles. The van der Waals surface area contributed by atoms with Crippen LogP contribution in [-0.4, -0.2) is 0 Å². The minimum Gasteiger partial charge on any atom is -0.310 e. The summed E-state index contributed by atoms with van der Waals surface area (Å²) in [5.74, 6) is 0. The molecule has 228 valence electrons. The summed E-state index contributed by atoms with van der Waals surface area (Å²) in [4.78, 5) is 4.65. The van der Waals surface area contributed by atoms with E-state index in [2.05, 4.69) is 197 Å². The lowest BCUT2D eigenvalue weighted by Gasteiger charge is -2.26. The average Bonchev–Trinajstić information content (AvgIpc) is 3.06. The molecule has 0 aliphatic heterocycles. The van der Waals surface area contributed by atoms with E-state index in [-0.39, 0.29) is 0 Å². The van der Waals surface area contributed by atoms with Crippen LogP contribution in [0.1, 0.15) is 44.5 Å². The van der Waals surface area contributed by atoms with Crippen LogP contribution in [0, 0.1) is 41.5 Å². The number of hydrogen-bond donors (Lipinski definition) is 0. The van der Waals surface area contributed by atoms with Gasteiger partial charge in [-0.25, -0.2) is 0 Å². The maximum atomic E-state index is 2.33. The highest BCUT2D eigenvalue weighted by Crippen LogP contribution is 2.37. The molecule has 0 atom stereocenters. The number of rotatable bonds is 8. The molecular weight excluding hydrogens is 556 g/mol. The van der Waals surface area contributed by atoms with E-state index >= 15 is 0 Å². The van der Waals surface area contributed by atoms with Crippen LogP contribution in [0.15, 0.2) is 133 Å². The lowest BCUT2D eigenvalue weighted by atomic mass is 10.1. The molecule has 0 aliphatic carbocycles. The van der Waals surface area contributed by atoms with E-state index < -0.39 is 0 Å². The van der Waals surface area contributed by atoms with Crippen molar-refractivity contribution in [1.29, 1.82) is 0 Å². The first kappa shape index (κ1) is 30.7. The van der Waals surface area contributed by atoms with Crippen LogP contribution in [0.5, 0.6) is 0 Å². The molecule has 0 heterocycles. The van der Waals surface area contributed by atoms with Crippen LogP contribution in [0.4, 0.5) is 34.1 Å². The molecule has 0 N–H and O–H groups in total. The summed E-state index contributed by atoms with van der Waals surface area (Å²) in [5, 5.41) is 0. The molecule has 0 aliphatic rings. The summed E-state index contributed by atoms with van der Waals surface area (Å²) in [6.45, 7) is 12.9. The Balaban J connectivity index is 1.25. The van der Waals surface area contributed by atoms with E-state index in [1.54, 1.807) is 0 Å². The molecular formula is C44H42N2. The fourth-order valence-corrected chi connectivity index (χ4v) is 5.67. The zero-order chi connectivity index (χ0) is 32.2. The molecule has 6 aromatic carbocycles. The molecule has 0 saturated carbocycles. The molecule has 6 rings (SSSR count). The molecule has 2 heteroatoms. The third-order valence-corrected chi connectivity index (χ3v) is 8.85. The van der Waals surface area contributed by atoms with Crippen molar-refractivity contribution in [2.45, 2.75) is 41.5 Å².